The van der Waals surface area contributed by atoms with Gasteiger partial charge in [0.05, 0.1) is 12.2 Å². The van der Waals surface area contributed by atoms with Crippen LogP contribution in [-0.2, 0) is 6.54 Å². The first-order chi connectivity index (χ1) is 9.83. The van der Waals surface area contributed by atoms with Crippen LogP contribution in [0.1, 0.15) is 5.69 Å². The van der Waals surface area contributed by atoms with Crippen molar-refractivity contribution in [3.63, 3.8) is 0 Å². The molecule has 20 heavy (non-hydrogen) atoms. The molecule has 0 saturated heterocycles. The Morgan fingerprint density at radius 1 is 0.950 bits per heavy atom. The van der Waals surface area contributed by atoms with Crippen molar-refractivity contribution in [3.8, 4) is 0 Å². The highest BCUT2D eigenvalue weighted by atomic mass is 32.1. The molecular weight excluding hydrogens is 266 g/mol. The predicted molar refractivity (Wildman–Crippen MR) is 85.1 cm³/mol. The van der Waals surface area contributed by atoms with Crippen LogP contribution in [0.2, 0.25) is 0 Å². The minimum absolute atomic E-state index is 0.626. The molecule has 0 spiro atoms. The van der Waals surface area contributed by atoms with E-state index in [0.29, 0.717) is 5.13 Å². The van der Waals surface area contributed by atoms with Crippen molar-refractivity contribution in [2.45, 2.75) is 6.54 Å². The first kappa shape index (κ1) is 11.5. The van der Waals surface area contributed by atoms with Crippen LogP contribution < -0.4 is 5.73 Å². The van der Waals surface area contributed by atoms with Gasteiger partial charge in [0.25, 0.3) is 0 Å². The molecule has 0 fully saturated rings. The highest BCUT2D eigenvalue weighted by Gasteiger charge is 2.10. The summed E-state index contributed by atoms with van der Waals surface area (Å²) in [6, 6.07) is 17.0. The quantitative estimate of drug-likeness (QED) is 0.605. The van der Waals surface area contributed by atoms with Crippen LogP contribution in [-0.4, -0.2) is 9.55 Å². The minimum atomic E-state index is 0.626. The van der Waals surface area contributed by atoms with Crippen molar-refractivity contribution in [2.75, 3.05) is 5.73 Å². The third-order valence-corrected chi connectivity index (χ3v) is 4.29. The fourth-order valence-corrected chi connectivity index (χ4v) is 3.28. The predicted octanol–water partition coefficient (Wildman–Crippen LogP) is 3.88. The van der Waals surface area contributed by atoms with Gasteiger partial charge < -0.3 is 10.3 Å². The van der Waals surface area contributed by atoms with Crippen LogP contribution in [0.5, 0.6) is 0 Å². The number of hydrogen-bond donors (Lipinski definition) is 1. The lowest BCUT2D eigenvalue weighted by atomic mass is 10.2. The van der Waals surface area contributed by atoms with E-state index in [2.05, 4.69) is 58.1 Å². The summed E-state index contributed by atoms with van der Waals surface area (Å²) >= 11 is 1.49. The standard InChI is InChI=1S/C16H13N3S/c17-16-18-11(10-20-16)9-19-14-7-3-1-5-12(14)13-6-2-4-8-15(13)19/h1-8,10H,9H2,(H2,17,18). The van der Waals surface area contributed by atoms with E-state index in [0.717, 1.165) is 12.2 Å². The Bertz CT molecular complexity index is 851. The third kappa shape index (κ3) is 1.69. The maximum Gasteiger partial charge on any atom is 0.180 e. The fourth-order valence-electron chi connectivity index (χ4n) is 2.73. The number of thiazole rings is 1. The Morgan fingerprint density at radius 2 is 1.55 bits per heavy atom. The number of nitrogens with zero attached hydrogens (tertiary/aromatic N) is 2. The lowest BCUT2D eigenvalue weighted by Crippen LogP contribution is -1.99. The first-order valence-corrected chi connectivity index (χ1v) is 7.37. The summed E-state index contributed by atoms with van der Waals surface area (Å²) in [5.41, 5.74) is 9.22. The van der Waals surface area contributed by atoms with E-state index in [1.165, 1.54) is 33.1 Å². The minimum Gasteiger partial charge on any atom is -0.375 e. The van der Waals surface area contributed by atoms with Gasteiger partial charge in [0.2, 0.25) is 0 Å². The highest BCUT2D eigenvalue weighted by Crippen LogP contribution is 2.29. The molecule has 98 valence electrons. The molecule has 0 radical (unpaired) electrons. The number of benzene rings is 2. The second kappa shape index (κ2) is 4.35. The van der Waals surface area contributed by atoms with Gasteiger partial charge in [-0.1, -0.05) is 36.4 Å². The summed E-state index contributed by atoms with van der Waals surface area (Å²) in [4.78, 5) is 4.37. The second-order valence-electron chi connectivity index (χ2n) is 4.80. The van der Waals surface area contributed by atoms with E-state index in [1.54, 1.807) is 0 Å². The van der Waals surface area contributed by atoms with Gasteiger partial charge in [-0.25, -0.2) is 4.98 Å². The van der Waals surface area contributed by atoms with Crippen LogP contribution in [0.4, 0.5) is 5.13 Å². The maximum absolute atomic E-state index is 5.73. The van der Waals surface area contributed by atoms with E-state index in [-0.39, 0.29) is 0 Å². The van der Waals surface area contributed by atoms with Crippen LogP contribution in [0.25, 0.3) is 21.8 Å². The molecule has 0 bridgehead atoms. The fraction of sp³-hybridized carbons (Fsp3) is 0.0625. The van der Waals surface area contributed by atoms with Crippen molar-refractivity contribution >= 4 is 38.3 Å². The van der Waals surface area contributed by atoms with Crippen LogP contribution in [0.3, 0.4) is 0 Å². The summed E-state index contributed by atoms with van der Waals surface area (Å²) in [6.07, 6.45) is 0. The number of anilines is 1. The lowest BCUT2D eigenvalue weighted by molar-refractivity contribution is 0.844. The number of nitrogens with two attached hydrogens (primary N) is 1. The molecular formula is C16H13N3S. The summed E-state index contributed by atoms with van der Waals surface area (Å²) < 4.78 is 2.30. The van der Waals surface area contributed by atoms with Crippen LogP contribution >= 0.6 is 11.3 Å². The van der Waals surface area contributed by atoms with Crippen molar-refractivity contribution in [2.24, 2.45) is 0 Å². The van der Waals surface area contributed by atoms with Gasteiger partial charge in [0.1, 0.15) is 0 Å². The number of para-hydroxylation sites is 2. The average molecular weight is 279 g/mol. The third-order valence-electron chi connectivity index (χ3n) is 3.57. The van der Waals surface area contributed by atoms with Gasteiger partial charge in [-0.15, -0.1) is 11.3 Å². The molecule has 4 rings (SSSR count). The maximum atomic E-state index is 5.73. The number of rotatable bonds is 2. The van der Waals surface area contributed by atoms with Gasteiger partial charge in [0, 0.05) is 27.2 Å². The molecule has 0 amide bonds. The number of hydrogen-bond acceptors (Lipinski definition) is 3. The molecule has 0 aliphatic rings. The molecule has 0 unspecified atom stereocenters. The van der Waals surface area contributed by atoms with E-state index in [4.69, 9.17) is 5.73 Å². The van der Waals surface area contributed by atoms with E-state index in [1.807, 2.05) is 5.38 Å². The van der Waals surface area contributed by atoms with Gasteiger partial charge in [0.15, 0.2) is 5.13 Å². The SMILES string of the molecule is Nc1nc(Cn2c3ccccc3c3ccccc32)cs1. The zero-order chi connectivity index (χ0) is 13.5. The molecule has 0 aliphatic carbocycles. The molecule has 4 aromatic rings. The lowest BCUT2D eigenvalue weighted by Gasteiger charge is -2.04. The first-order valence-electron chi connectivity index (χ1n) is 6.49. The van der Waals surface area contributed by atoms with Gasteiger partial charge in [-0.3, -0.25) is 0 Å². The number of nitrogen functional groups attached to an aromatic ring is 1. The van der Waals surface area contributed by atoms with Crippen LogP contribution in [0, 0.1) is 0 Å². The molecule has 4 heteroatoms. The van der Waals surface area contributed by atoms with Crippen molar-refractivity contribution in [1.29, 1.82) is 0 Å². The summed E-state index contributed by atoms with van der Waals surface area (Å²) in [6.45, 7) is 0.752. The van der Waals surface area contributed by atoms with Crippen LogP contribution in [0.15, 0.2) is 53.9 Å². The van der Waals surface area contributed by atoms with Crippen molar-refractivity contribution in [3.05, 3.63) is 59.6 Å². The normalized spacial score (nSPS) is 11.4. The number of fused-ring (bicyclic) bond motifs is 3. The molecule has 2 aromatic heterocycles. The molecule has 0 aliphatic heterocycles. The molecule has 3 nitrogen and oxygen atoms in total. The summed E-state index contributed by atoms with van der Waals surface area (Å²) in [7, 11) is 0. The Hall–Kier alpha value is -2.33. The van der Waals surface area contributed by atoms with Gasteiger partial charge in [-0.05, 0) is 12.1 Å². The number of aromatic nitrogens is 2. The molecule has 2 aromatic carbocycles. The topological polar surface area (TPSA) is 43.8 Å². The molecule has 2 heterocycles. The Kier molecular flexibility index (Phi) is 2.50. The monoisotopic (exact) mass is 279 g/mol. The summed E-state index contributed by atoms with van der Waals surface area (Å²) in [5, 5.41) is 5.22. The molecule has 0 atom stereocenters. The van der Waals surface area contributed by atoms with Gasteiger partial charge >= 0.3 is 0 Å². The van der Waals surface area contributed by atoms with Gasteiger partial charge in [-0.2, -0.15) is 0 Å². The summed E-state index contributed by atoms with van der Waals surface area (Å²) in [5.74, 6) is 0. The zero-order valence-electron chi connectivity index (χ0n) is 10.8. The Balaban J connectivity index is 2.00. The zero-order valence-corrected chi connectivity index (χ0v) is 11.6. The van der Waals surface area contributed by atoms with E-state index in [9.17, 15) is 0 Å². The van der Waals surface area contributed by atoms with Crippen molar-refractivity contribution in [1.82, 2.24) is 9.55 Å². The van der Waals surface area contributed by atoms with E-state index >= 15 is 0 Å². The molecule has 2 N–H and O–H groups in total. The smallest absolute Gasteiger partial charge is 0.180 e. The Labute approximate surface area is 120 Å². The molecule has 0 saturated carbocycles. The average Bonchev–Trinajstić information content (AvgIpc) is 3.03. The highest BCUT2D eigenvalue weighted by molar-refractivity contribution is 7.13. The Morgan fingerprint density at radius 3 is 2.10 bits per heavy atom. The van der Waals surface area contributed by atoms with Crippen molar-refractivity contribution < 1.29 is 0 Å². The largest absolute Gasteiger partial charge is 0.375 e. The second-order valence-corrected chi connectivity index (χ2v) is 5.69. The van der Waals surface area contributed by atoms with E-state index < -0.39 is 0 Å².